The standard InChI is InChI=1S/C14H18F3N3O/c1-9(2)19-7-10(18)13(21)20(8-14(15,16)17)12-6-4-3-5-11(12)19/h3-6,9-10H,7-8,18H2,1-2H3/t10-/m1/s1. The minimum absolute atomic E-state index is 0.0239. The lowest BCUT2D eigenvalue weighted by Crippen LogP contribution is -2.50. The van der Waals surface area contributed by atoms with Gasteiger partial charge in [0, 0.05) is 12.6 Å². The quantitative estimate of drug-likeness (QED) is 0.910. The third-order valence-corrected chi connectivity index (χ3v) is 3.42. The van der Waals surface area contributed by atoms with E-state index in [0.29, 0.717) is 5.69 Å². The number of nitrogens with two attached hydrogens (primary N) is 1. The lowest BCUT2D eigenvalue weighted by molar-refractivity contribution is -0.132. The number of alkyl halides is 3. The van der Waals surface area contributed by atoms with Crippen molar-refractivity contribution in [1.82, 2.24) is 0 Å². The summed E-state index contributed by atoms with van der Waals surface area (Å²) in [6, 6.07) is 5.63. The summed E-state index contributed by atoms with van der Waals surface area (Å²) in [7, 11) is 0. The van der Waals surface area contributed by atoms with E-state index in [1.54, 1.807) is 18.2 Å². The van der Waals surface area contributed by atoms with Crippen LogP contribution in [0.25, 0.3) is 0 Å². The van der Waals surface area contributed by atoms with Gasteiger partial charge in [0.15, 0.2) is 0 Å². The summed E-state index contributed by atoms with van der Waals surface area (Å²) in [6.45, 7) is 2.69. The number of anilines is 2. The van der Waals surface area contributed by atoms with Crippen molar-refractivity contribution in [1.29, 1.82) is 0 Å². The molecule has 1 amide bonds. The first-order chi connectivity index (χ1) is 9.70. The minimum Gasteiger partial charge on any atom is -0.365 e. The highest BCUT2D eigenvalue weighted by Crippen LogP contribution is 2.35. The second-order valence-corrected chi connectivity index (χ2v) is 5.38. The average Bonchev–Trinajstić information content (AvgIpc) is 2.48. The van der Waals surface area contributed by atoms with E-state index in [2.05, 4.69) is 0 Å². The summed E-state index contributed by atoms with van der Waals surface area (Å²) >= 11 is 0. The summed E-state index contributed by atoms with van der Waals surface area (Å²) < 4.78 is 38.3. The molecule has 0 bridgehead atoms. The van der Waals surface area contributed by atoms with Crippen LogP contribution < -0.4 is 15.5 Å². The van der Waals surface area contributed by atoms with Gasteiger partial charge in [-0.2, -0.15) is 13.2 Å². The van der Waals surface area contributed by atoms with Gasteiger partial charge in [0.2, 0.25) is 5.91 Å². The van der Waals surface area contributed by atoms with E-state index in [1.165, 1.54) is 6.07 Å². The van der Waals surface area contributed by atoms with Crippen LogP contribution in [0.3, 0.4) is 0 Å². The van der Waals surface area contributed by atoms with Gasteiger partial charge in [-0.3, -0.25) is 9.69 Å². The van der Waals surface area contributed by atoms with Gasteiger partial charge in [0.05, 0.1) is 11.4 Å². The number of nitrogens with zero attached hydrogens (tertiary/aromatic N) is 2. The average molecular weight is 301 g/mol. The van der Waals surface area contributed by atoms with Crippen LogP contribution in [0.15, 0.2) is 24.3 Å². The normalized spacial score (nSPS) is 19.8. The number of hydrogen-bond acceptors (Lipinski definition) is 3. The van der Waals surface area contributed by atoms with Crippen LogP contribution in [0, 0.1) is 0 Å². The molecule has 0 aromatic heterocycles. The molecule has 0 unspecified atom stereocenters. The van der Waals surface area contributed by atoms with E-state index in [9.17, 15) is 18.0 Å². The maximum absolute atomic E-state index is 12.8. The van der Waals surface area contributed by atoms with Crippen LogP contribution in [-0.4, -0.2) is 37.3 Å². The highest BCUT2D eigenvalue weighted by Gasteiger charge is 2.39. The number of halogens is 3. The van der Waals surface area contributed by atoms with Crippen LogP contribution in [-0.2, 0) is 4.79 Å². The number of carbonyl (C=O) groups is 1. The Kier molecular flexibility index (Phi) is 4.13. The van der Waals surface area contributed by atoms with Crippen LogP contribution in [0.1, 0.15) is 13.8 Å². The first-order valence-electron chi connectivity index (χ1n) is 6.70. The van der Waals surface area contributed by atoms with Crippen molar-refractivity contribution in [2.24, 2.45) is 5.73 Å². The van der Waals surface area contributed by atoms with Gasteiger partial charge in [0.25, 0.3) is 0 Å². The Balaban J connectivity index is 2.52. The fourth-order valence-electron chi connectivity index (χ4n) is 2.47. The molecule has 0 radical (unpaired) electrons. The maximum atomic E-state index is 12.8. The second-order valence-electron chi connectivity index (χ2n) is 5.38. The van der Waals surface area contributed by atoms with E-state index >= 15 is 0 Å². The van der Waals surface area contributed by atoms with E-state index in [-0.39, 0.29) is 18.3 Å². The molecular weight excluding hydrogens is 283 g/mol. The Hall–Kier alpha value is -1.76. The molecule has 2 N–H and O–H groups in total. The van der Waals surface area contributed by atoms with E-state index < -0.39 is 24.7 Å². The molecule has 1 aromatic carbocycles. The predicted molar refractivity (Wildman–Crippen MR) is 75.3 cm³/mol. The number of fused-ring (bicyclic) bond motifs is 1. The predicted octanol–water partition coefficient (Wildman–Crippen LogP) is 2.14. The van der Waals surface area contributed by atoms with E-state index in [4.69, 9.17) is 5.73 Å². The zero-order chi connectivity index (χ0) is 15.8. The summed E-state index contributed by atoms with van der Waals surface area (Å²) in [5.74, 6) is -0.706. The fourth-order valence-corrected chi connectivity index (χ4v) is 2.47. The number of para-hydroxylation sites is 2. The Morgan fingerprint density at radius 3 is 2.38 bits per heavy atom. The van der Waals surface area contributed by atoms with Crippen LogP contribution in [0.2, 0.25) is 0 Å². The molecule has 0 saturated heterocycles. The zero-order valence-electron chi connectivity index (χ0n) is 11.9. The van der Waals surface area contributed by atoms with Gasteiger partial charge in [0.1, 0.15) is 12.6 Å². The van der Waals surface area contributed by atoms with Gasteiger partial charge < -0.3 is 10.6 Å². The number of hydrogen-bond donors (Lipinski definition) is 1. The van der Waals surface area contributed by atoms with Crippen molar-refractivity contribution in [3.8, 4) is 0 Å². The van der Waals surface area contributed by atoms with E-state index in [1.807, 2.05) is 18.7 Å². The first kappa shape index (κ1) is 15.6. The van der Waals surface area contributed by atoms with Crippen LogP contribution in [0.5, 0.6) is 0 Å². The van der Waals surface area contributed by atoms with Gasteiger partial charge in [-0.25, -0.2) is 0 Å². The number of rotatable bonds is 2. The lowest BCUT2D eigenvalue weighted by Gasteiger charge is -2.30. The SMILES string of the molecule is CC(C)N1C[C@@H](N)C(=O)N(CC(F)(F)F)c2ccccc21. The van der Waals surface area contributed by atoms with E-state index in [0.717, 1.165) is 4.90 Å². The number of amides is 1. The molecule has 7 heteroatoms. The third kappa shape index (κ3) is 3.29. The Labute approximate surface area is 121 Å². The highest BCUT2D eigenvalue weighted by atomic mass is 19.4. The second kappa shape index (κ2) is 5.55. The maximum Gasteiger partial charge on any atom is 0.406 e. The molecule has 1 aliphatic rings. The van der Waals surface area contributed by atoms with Gasteiger partial charge in [-0.15, -0.1) is 0 Å². The summed E-state index contributed by atoms with van der Waals surface area (Å²) in [6.07, 6.45) is -4.48. The Morgan fingerprint density at radius 2 is 1.86 bits per heavy atom. The molecule has 0 fully saturated rings. The molecule has 1 aromatic rings. The number of carbonyl (C=O) groups excluding carboxylic acids is 1. The molecule has 0 spiro atoms. The topological polar surface area (TPSA) is 49.6 Å². The van der Waals surface area contributed by atoms with Crippen LogP contribution in [0.4, 0.5) is 24.5 Å². The molecule has 4 nitrogen and oxygen atoms in total. The fraction of sp³-hybridized carbons (Fsp3) is 0.500. The third-order valence-electron chi connectivity index (χ3n) is 3.42. The molecule has 1 atom stereocenters. The Bertz CT molecular complexity index is 530. The molecule has 1 aliphatic heterocycles. The zero-order valence-corrected chi connectivity index (χ0v) is 11.9. The van der Waals surface area contributed by atoms with Crippen molar-refractivity contribution in [3.63, 3.8) is 0 Å². The largest absolute Gasteiger partial charge is 0.406 e. The lowest BCUT2D eigenvalue weighted by atomic mass is 10.2. The highest BCUT2D eigenvalue weighted by molar-refractivity contribution is 6.01. The molecule has 0 saturated carbocycles. The van der Waals surface area contributed by atoms with Crippen LogP contribution >= 0.6 is 0 Å². The van der Waals surface area contributed by atoms with Gasteiger partial charge in [-0.05, 0) is 26.0 Å². The number of benzene rings is 1. The minimum atomic E-state index is -4.48. The smallest absolute Gasteiger partial charge is 0.365 e. The molecule has 1 heterocycles. The molecular formula is C14H18F3N3O. The Morgan fingerprint density at radius 1 is 1.29 bits per heavy atom. The van der Waals surface area contributed by atoms with Crippen molar-refractivity contribution < 1.29 is 18.0 Å². The summed E-state index contributed by atoms with van der Waals surface area (Å²) in [5.41, 5.74) is 6.64. The first-order valence-corrected chi connectivity index (χ1v) is 6.70. The summed E-state index contributed by atoms with van der Waals surface area (Å²) in [4.78, 5) is 14.8. The molecule has 116 valence electrons. The van der Waals surface area contributed by atoms with Crippen molar-refractivity contribution >= 4 is 17.3 Å². The monoisotopic (exact) mass is 301 g/mol. The molecule has 2 rings (SSSR count). The molecule has 21 heavy (non-hydrogen) atoms. The van der Waals surface area contributed by atoms with Crippen molar-refractivity contribution in [2.75, 3.05) is 22.9 Å². The van der Waals surface area contributed by atoms with Gasteiger partial charge in [-0.1, -0.05) is 12.1 Å². The molecule has 0 aliphatic carbocycles. The summed E-state index contributed by atoms with van der Waals surface area (Å²) in [5, 5.41) is 0. The van der Waals surface area contributed by atoms with Crippen molar-refractivity contribution in [3.05, 3.63) is 24.3 Å². The van der Waals surface area contributed by atoms with Gasteiger partial charge >= 0.3 is 6.18 Å². The van der Waals surface area contributed by atoms with Crippen molar-refractivity contribution in [2.45, 2.75) is 32.1 Å².